The number of hydrogen-bond acceptors (Lipinski definition) is 6. The van der Waals surface area contributed by atoms with Crippen LogP contribution in [0.4, 0.5) is 13.2 Å². The number of methoxy groups -OCH3 is 1. The van der Waals surface area contributed by atoms with Gasteiger partial charge in [-0.3, -0.25) is 14.7 Å². The Morgan fingerprint density at radius 2 is 1.77 bits per heavy atom. The molecule has 1 aliphatic carbocycles. The molecule has 0 saturated heterocycles. The second kappa shape index (κ2) is 9.54. The van der Waals surface area contributed by atoms with Crippen molar-refractivity contribution < 1.29 is 32.2 Å². The van der Waals surface area contributed by atoms with Crippen molar-refractivity contribution in [2.45, 2.75) is 37.8 Å². The first-order valence-electron chi connectivity index (χ1n) is 12.6. The van der Waals surface area contributed by atoms with Crippen LogP contribution in [0.25, 0.3) is 39.3 Å². The van der Waals surface area contributed by atoms with Crippen LogP contribution in [0.3, 0.4) is 0 Å². The summed E-state index contributed by atoms with van der Waals surface area (Å²) in [5, 5.41) is 11.7. The van der Waals surface area contributed by atoms with Gasteiger partial charge in [0.25, 0.3) is 5.56 Å². The van der Waals surface area contributed by atoms with Gasteiger partial charge < -0.3 is 14.3 Å². The second-order valence-electron chi connectivity index (χ2n) is 9.77. The maximum atomic E-state index is 14.2. The van der Waals surface area contributed by atoms with Gasteiger partial charge in [-0.1, -0.05) is 36.4 Å². The second-order valence-corrected chi connectivity index (χ2v) is 9.77. The molecular formula is C28H23F3N4O5. The topological polar surface area (TPSA) is 123 Å². The molecule has 9 nitrogen and oxygen atoms in total. The van der Waals surface area contributed by atoms with Crippen LogP contribution in [0.15, 0.2) is 57.7 Å². The highest BCUT2D eigenvalue weighted by Crippen LogP contribution is 2.42. The summed E-state index contributed by atoms with van der Waals surface area (Å²) in [7, 11) is 1.46. The van der Waals surface area contributed by atoms with Gasteiger partial charge in [-0.05, 0) is 43.4 Å². The third-order valence-electron chi connectivity index (χ3n) is 7.43. The molecule has 0 radical (unpaired) electrons. The number of hydrogen-bond donors (Lipinski definition) is 2. The Morgan fingerprint density at radius 3 is 2.42 bits per heavy atom. The number of halogens is 3. The molecule has 0 unspecified atom stereocenters. The molecule has 2 N–H and O–H groups in total. The average Bonchev–Trinajstić information content (AvgIpc) is 3.55. The minimum Gasteiger partial charge on any atom is -0.494 e. The van der Waals surface area contributed by atoms with E-state index in [2.05, 4.69) is 15.1 Å². The number of benzene rings is 2. The number of aromatic amines is 1. The monoisotopic (exact) mass is 552 g/mol. The number of alkyl halides is 3. The molecule has 1 aliphatic rings. The van der Waals surface area contributed by atoms with Gasteiger partial charge in [0.1, 0.15) is 17.0 Å². The molecule has 0 bridgehead atoms. The standard InChI is InChI=1S/C28H23F3N4O5/c1-39-17-8-5-9-18-22(17)33-25(40-18)20-21(15-10-12-16(13-11-15)27(37)38)32-24-19(14-6-3-2-4-7-14)23(28(29,30)31)34-35(24)26(20)36/h2-9,15-16,34H,10-13H2,1H3,(H,37,38). The predicted octanol–water partition coefficient (Wildman–Crippen LogP) is 5.88. The fraction of sp³-hybridized carbons (Fsp3) is 0.286. The lowest BCUT2D eigenvalue weighted by atomic mass is 9.79. The maximum absolute atomic E-state index is 14.2. The third-order valence-corrected chi connectivity index (χ3v) is 7.43. The number of fused-ring (bicyclic) bond motifs is 2. The van der Waals surface area contributed by atoms with Crippen LogP contribution < -0.4 is 10.3 Å². The van der Waals surface area contributed by atoms with Crippen molar-refractivity contribution in [2.24, 2.45) is 5.92 Å². The largest absolute Gasteiger partial charge is 0.494 e. The average molecular weight is 553 g/mol. The number of rotatable bonds is 5. The summed E-state index contributed by atoms with van der Waals surface area (Å²) >= 11 is 0. The number of carboxylic acid groups (broad SMARTS) is 1. The van der Waals surface area contributed by atoms with E-state index < -0.39 is 35.2 Å². The van der Waals surface area contributed by atoms with Gasteiger partial charge >= 0.3 is 12.1 Å². The van der Waals surface area contributed by atoms with Crippen LogP contribution in [0.1, 0.15) is 43.0 Å². The molecule has 206 valence electrons. The molecule has 5 aromatic rings. The summed E-state index contributed by atoms with van der Waals surface area (Å²) < 4.78 is 54.8. The Labute approximate surface area is 224 Å². The summed E-state index contributed by atoms with van der Waals surface area (Å²) in [6.45, 7) is 0. The lowest BCUT2D eigenvalue weighted by Gasteiger charge is -2.26. The molecular weight excluding hydrogens is 529 g/mol. The SMILES string of the molecule is COc1cccc2oc(-c3c(C4CCC(C(=O)O)CC4)nc4c(-c5ccccc5)c(C(F)(F)F)[nH]n4c3=O)nc12. The number of carboxylic acids is 1. The number of H-pyrrole nitrogens is 1. The molecule has 6 rings (SSSR count). The molecule has 0 aliphatic heterocycles. The smallest absolute Gasteiger partial charge is 0.433 e. The van der Waals surface area contributed by atoms with Crippen LogP contribution in [-0.4, -0.2) is 37.8 Å². The third kappa shape index (κ3) is 4.19. The molecule has 0 atom stereocenters. The first-order valence-corrected chi connectivity index (χ1v) is 12.6. The number of aliphatic carboxylic acids is 1. The van der Waals surface area contributed by atoms with Gasteiger partial charge in [0.05, 0.1) is 24.3 Å². The molecule has 3 aromatic heterocycles. The van der Waals surface area contributed by atoms with Crippen LogP contribution >= 0.6 is 0 Å². The van der Waals surface area contributed by atoms with E-state index in [9.17, 15) is 27.9 Å². The first-order chi connectivity index (χ1) is 19.2. The fourth-order valence-electron chi connectivity index (χ4n) is 5.48. The summed E-state index contributed by atoms with van der Waals surface area (Å²) in [6, 6.07) is 12.9. The van der Waals surface area contributed by atoms with E-state index >= 15 is 0 Å². The van der Waals surface area contributed by atoms with Gasteiger partial charge in [0, 0.05) is 5.92 Å². The van der Waals surface area contributed by atoms with Crippen LogP contribution in [0.2, 0.25) is 0 Å². The Kier molecular flexibility index (Phi) is 6.12. The zero-order chi connectivity index (χ0) is 28.2. The highest BCUT2D eigenvalue weighted by Gasteiger charge is 2.40. The molecule has 3 heterocycles. The number of aromatic nitrogens is 4. The number of oxazole rings is 1. The highest BCUT2D eigenvalue weighted by molar-refractivity contribution is 5.84. The van der Waals surface area contributed by atoms with Crippen molar-refractivity contribution in [3.8, 4) is 28.3 Å². The summed E-state index contributed by atoms with van der Waals surface area (Å²) in [5.74, 6) is -1.54. The summed E-state index contributed by atoms with van der Waals surface area (Å²) in [5.41, 5.74) is -1.30. The van der Waals surface area contributed by atoms with Gasteiger partial charge in [-0.2, -0.15) is 17.7 Å². The molecule has 40 heavy (non-hydrogen) atoms. The van der Waals surface area contributed by atoms with E-state index in [0.717, 1.165) is 4.52 Å². The zero-order valence-corrected chi connectivity index (χ0v) is 21.2. The van der Waals surface area contributed by atoms with E-state index in [1.165, 1.54) is 19.2 Å². The van der Waals surface area contributed by atoms with E-state index in [1.54, 1.807) is 36.4 Å². The van der Waals surface area contributed by atoms with Gasteiger partial charge in [-0.15, -0.1) is 0 Å². The Morgan fingerprint density at radius 1 is 1.05 bits per heavy atom. The van der Waals surface area contributed by atoms with Crippen molar-refractivity contribution in [3.63, 3.8) is 0 Å². The normalized spacial score (nSPS) is 17.9. The fourth-order valence-corrected chi connectivity index (χ4v) is 5.48. The first kappa shape index (κ1) is 25.7. The summed E-state index contributed by atoms with van der Waals surface area (Å²) in [4.78, 5) is 34.7. The molecule has 2 aromatic carbocycles. The van der Waals surface area contributed by atoms with Gasteiger partial charge in [0.2, 0.25) is 5.89 Å². The van der Waals surface area contributed by atoms with Crippen molar-refractivity contribution >= 4 is 22.7 Å². The van der Waals surface area contributed by atoms with Crippen molar-refractivity contribution in [2.75, 3.05) is 7.11 Å². The van der Waals surface area contributed by atoms with Crippen molar-refractivity contribution in [1.29, 1.82) is 0 Å². The Hall–Kier alpha value is -4.61. The molecule has 12 heteroatoms. The lowest BCUT2D eigenvalue weighted by Crippen LogP contribution is -2.25. The number of para-hydroxylation sites is 1. The minimum atomic E-state index is -4.81. The lowest BCUT2D eigenvalue weighted by molar-refractivity contribution is -0.143. The zero-order valence-electron chi connectivity index (χ0n) is 21.2. The van der Waals surface area contributed by atoms with Crippen LogP contribution in [-0.2, 0) is 11.0 Å². The van der Waals surface area contributed by atoms with Crippen molar-refractivity contribution in [3.05, 3.63) is 70.3 Å². The summed E-state index contributed by atoms with van der Waals surface area (Å²) in [6.07, 6.45) is -3.36. The van der Waals surface area contributed by atoms with E-state index in [1.807, 2.05) is 0 Å². The molecule has 0 amide bonds. The van der Waals surface area contributed by atoms with E-state index in [0.29, 0.717) is 42.5 Å². The molecule has 1 fully saturated rings. The molecule has 0 spiro atoms. The Balaban J connectivity index is 1.65. The maximum Gasteiger partial charge on any atom is 0.433 e. The van der Waals surface area contributed by atoms with Crippen LogP contribution in [0, 0.1) is 5.92 Å². The molecule has 1 saturated carbocycles. The number of carbonyl (C=O) groups is 1. The van der Waals surface area contributed by atoms with Crippen molar-refractivity contribution in [1.82, 2.24) is 19.6 Å². The van der Waals surface area contributed by atoms with Gasteiger partial charge in [-0.25, -0.2) is 9.97 Å². The number of nitrogens with one attached hydrogen (secondary N) is 1. The minimum absolute atomic E-state index is 0.0795. The number of ether oxygens (including phenoxy) is 1. The van der Waals surface area contributed by atoms with E-state index in [-0.39, 0.29) is 33.9 Å². The van der Waals surface area contributed by atoms with Gasteiger partial charge in [0.15, 0.2) is 16.7 Å². The quantitative estimate of drug-likeness (QED) is 0.279. The number of nitrogens with zero attached hydrogens (tertiary/aromatic N) is 3. The predicted molar refractivity (Wildman–Crippen MR) is 138 cm³/mol. The Bertz CT molecular complexity index is 1800. The van der Waals surface area contributed by atoms with Crippen LogP contribution in [0.5, 0.6) is 5.75 Å². The van der Waals surface area contributed by atoms with E-state index in [4.69, 9.17) is 9.15 Å². The highest BCUT2D eigenvalue weighted by atomic mass is 19.4.